The van der Waals surface area contributed by atoms with Gasteiger partial charge >= 0.3 is 7.60 Å². The third-order valence-corrected chi connectivity index (χ3v) is 4.08. The highest BCUT2D eigenvalue weighted by molar-refractivity contribution is 7.60. The maximum atomic E-state index is 11.2. The molecule has 1 unspecified atom stereocenters. The smallest absolute Gasteiger partial charge is 0.320 e. The third kappa shape index (κ3) is 3.86. The number of nitrogens with zero attached hydrogens (tertiary/aromatic N) is 1. The number of hydrogen-bond donors (Lipinski definition) is 3. The summed E-state index contributed by atoms with van der Waals surface area (Å²) in [5.74, 6) is 0. The van der Waals surface area contributed by atoms with Crippen LogP contribution in [0.1, 0.15) is 38.4 Å². The maximum Gasteiger partial charge on any atom is 0.374 e. The molecule has 3 N–H and O–H groups in total. The van der Waals surface area contributed by atoms with E-state index in [-0.39, 0.29) is 10.9 Å². The van der Waals surface area contributed by atoms with Crippen LogP contribution in [0.4, 0.5) is 0 Å². The van der Waals surface area contributed by atoms with Gasteiger partial charge in [-0.2, -0.15) is 0 Å². The first-order chi connectivity index (χ1) is 8.65. The lowest BCUT2D eigenvalue weighted by molar-refractivity contribution is 0.296. The number of nitrogens with one attached hydrogen (secondary N) is 1. The molecule has 0 aromatic carbocycles. The molecule has 2 rings (SSSR count). The standard InChI is InChI=1S/C13H21N2O3P/c1-13(2,3)7-10-6-11-9(8-14-10)4-5-12(15-11)19(16,17)18/h4-5,10,14H,6-8H2,1-3H3,(H2,16,17,18). The molecule has 5 nitrogen and oxygen atoms in total. The van der Waals surface area contributed by atoms with Crippen molar-refractivity contribution in [3.05, 3.63) is 23.4 Å². The summed E-state index contributed by atoms with van der Waals surface area (Å²) in [5.41, 5.74) is 1.94. The van der Waals surface area contributed by atoms with Crippen molar-refractivity contribution < 1.29 is 14.4 Å². The first-order valence-electron chi connectivity index (χ1n) is 6.43. The van der Waals surface area contributed by atoms with Gasteiger partial charge in [0.15, 0.2) is 5.44 Å². The fourth-order valence-corrected chi connectivity index (χ4v) is 2.98. The molecule has 0 spiro atoms. The Balaban J connectivity index is 2.21. The van der Waals surface area contributed by atoms with Gasteiger partial charge in [-0.1, -0.05) is 26.8 Å². The number of hydrogen-bond acceptors (Lipinski definition) is 3. The van der Waals surface area contributed by atoms with Crippen LogP contribution in [0.2, 0.25) is 0 Å². The zero-order valence-electron chi connectivity index (χ0n) is 11.6. The van der Waals surface area contributed by atoms with Crippen molar-refractivity contribution >= 4 is 13.0 Å². The summed E-state index contributed by atoms with van der Waals surface area (Å²) in [5, 5.41) is 3.46. The summed E-state index contributed by atoms with van der Waals surface area (Å²) < 4.78 is 11.2. The van der Waals surface area contributed by atoms with E-state index in [1.54, 1.807) is 6.07 Å². The molecule has 0 aliphatic carbocycles. The molecule has 0 fully saturated rings. The van der Waals surface area contributed by atoms with Gasteiger partial charge in [-0.15, -0.1) is 0 Å². The molecule has 1 aliphatic heterocycles. The van der Waals surface area contributed by atoms with Crippen LogP contribution in [0.25, 0.3) is 0 Å². The molecule has 19 heavy (non-hydrogen) atoms. The van der Waals surface area contributed by atoms with Crippen LogP contribution in [-0.4, -0.2) is 20.8 Å². The number of fused-ring (bicyclic) bond motifs is 1. The van der Waals surface area contributed by atoms with Gasteiger partial charge in [-0.25, -0.2) is 4.98 Å². The SMILES string of the molecule is CC(C)(C)CC1Cc2nc(P(=O)(O)O)ccc2CN1. The largest absolute Gasteiger partial charge is 0.374 e. The average molecular weight is 284 g/mol. The second kappa shape index (κ2) is 4.98. The second-order valence-corrected chi connectivity index (χ2v) is 7.91. The number of aromatic nitrogens is 1. The van der Waals surface area contributed by atoms with Crippen LogP contribution >= 0.6 is 7.60 Å². The molecule has 6 heteroatoms. The van der Waals surface area contributed by atoms with Crippen molar-refractivity contribution in [3.63, 3.8) is 0 Å². The van der Waals surface area contributed by atoms with Gasteiger partial charge in [-0.05, 0) is 23.5 Å². The Hall–Kier alpha value is -0.740. The van der Waals surface area contributed by atoms with Crippen LogP contribution in [0, 0.1) is 5.41 Å². The minimum atomic E-state index is -4.26. The van der Waals surface area contributed by atoms with Crippen LogP contribution in [-0.2, 0) is 17.5 Å². The molecule has 0 saturated heterocycles. The van der Waals surface area contributed by atoms with E-state index in [0.29, 0.717) is 12.6 Å². The maximum absolute atomic E-state index is 11.2. The predicted octanol–water partition coefficient (Wildman–Crippen LogP) is 1.34. The Bertz CT molecular complexity index is 519. The fraction of sp³-hybridized carbons (Fsp3) is 0.615. The van der Waals surface area contributed by atoms with E-state index in [9.17, 15) is 14.4 Å². The Kier molecular flexibility index (Phi) is 3.85. The molecule has 0 saturated carbocycles. The molecule has 1 aromatic heterocycles. The van der Waals surface area contributed by atoms with Crippen molar-refractivity contribution in [1.82, 2.24) is 10.3 Å². The summed E-state index contributed by atoms with van der Waals surface area (Å²) >= 11 is 0. The lowest BCUT2D eigenvalue weighted by atomic mass is 9.85. The molecular weight excluding hydrogens is 263 g/mol. The van der Waals surface area contributed by atoms with Crippen molar-refractivity contribution in [1.29, 1.82) is 0 Å². The van der Waals surface area contributed by atoms with Gasteiger partial charge in [0, 0.05) is 24.7 Å². The van der Waals surface area contributed by atoms with Crippen molar-refractivity contribution in [3.8, 4) is 0 Å². The van der Waals surface area contributed by atoms with Crippen molar-refractivity contribution in [2.24, 2.45) is 5.41 Å². The molecule has 2 heterocycles. The topological polar surface area (TPSA) is 82.5 Å². The van der Waals surface area contributed by atoms with E-state index in [1.807, 2.05) is 0 Å². The van der Waals surface area contributed by atoms with Gasteiger partial charge in [-0.3, -0.25) is 4.57 Å². The van der Waals surface area contributed by atoms with Crippen LogP contribution in [0.5, 0.6) is 0 Å². The number of rotatable bonds is 2. The molecule has 1 aromatic rings. The highest BCUT2D eigenvalue weighted by Gasteiger charge is 2.26. The Morgan fingerprint density at radius 3 is 2.68 bits per heavy atom. The lowest BCUT2D eigenvalue weighted by Gasteiger charge is -2.31. The van der Waals surface area contributed by atoms with E-state index in [2.05, 4.69) is 31.1 Å². The van der Waals surface area contributed by atoms with E-state index < -0.39 is 7.60 Å². The van der Waals surface area contributed by atoms with Crippen LogP contribution in [0.3, 0.4) is 0 Å². The van der Waals surface area contributed by atoms with Gasteiger partial charge in [0.05, 0.1) is 0 Å². The fourth-order valence-electron chi connectivity index (χ4n) is 2.46. The van der Waals surface area contributed by atoms with Gasteiger partial charge in [0.25, 0.3) is 0 Å². The first kappa shape index (κ1) is 14.7. The molecular formula is C13H21N2O3P. The molecule has 1 aliphatic rings. The molecule has 1 atom stereocenters. The Morgan fingerprint density at radius 1 is 1.42 bits per heavy atom. The van der Waals surface area contributed by atoms with E-state index in [4.69, 9.17) is 0 Å². The summed E-state index contributed by atoms with van der Waals surface area (Å²) in [7, 11) is -4.26. The van der Waals surface area contributed by atoms with Gasteiger partial charge in [0.2, 0.25) is 0 Å². The quantitative estimate of drug-likeness (QED) is 0.714. The highest BCUT2D eigenvalue weighted by Crippen LogP contribution is 2.33. The van der Waals surface area contributed by atoms with Crippen LogP contribution in [0.15, 0.2) is 12.1 Å². The van der Waals surface area contributed by atoms with E-state index in [0.717, 1.165) is 24.1 Å². The minimum absolute atomic E-state index is 0.123. The molecule has 0 amide bonds. The van der Waals surface area contributed by atoms with Gasteiger partial charge in [0.1, 0.15) is 0 Å². The summed E-state index contributed by atoms with van der Waals surface area (Å²) in [4.78, 5) is 22.5. The van der Waals surface area contributed by atoms with E-state index >= 15 is 0 Å². The second-order valence-electron chi connectivity index (χ2n) is 6.37. The third-order valence-electron chi connectivity index (χ3n) is 3.23. The molecule has 106 valence electrons. The normalized spacial score (nSPS) is 20.2. The zero-order chi connectivity index (χ0) is 14.3. The average Bonchev–Trinajstić information content (AvgIpc) is 2.24. The summed E-state index contributed by atoms with van der Waals surface area (Å²) in [6.07, 6.45) is 1.73. The number of pyridine rings is 1. The van der Waals surface area contributed by atoms with Gasteiger partial charge < -0.3 is 15.1 Å². The Morgan fingerprint density at radius 2 is 2.11 bits per heavy atom. The lowest BCUT2D eigenvalue weighted by Crippen LogP contribution is -2.39. The highest BCUT2D eigenvalue weighted by atomic mass is 31.2. The van der Waals surface area contributed by atoms with Crippen molar-refractivity contribution in [2.45, 2.75) is 46.2 Å². The van der Waals surface area contributed by atoms with E-state index in [1.165, 1.54) is 6.07 Å². The monoisotopic (exact) mass is 284 g/mol. The molecule has 0 bridgehead atoms. The van der Waals surface area contributed by atoms with Crippen molar-refractivity contribution in [2.75, 3.05) is 0 Å². The molecule has 0 radical (unpaired) electrons. The predicted molar refractivity (Wildman–Crippen MR) is 74.3 cm³/mol. The summed E-state index contributed by atoms with van der Waals surface area (Å²) in [6, 6.07) is 3.50. The first-order valence-corrected chi connectivity index (χ1v) is 8.05. The van der Waals surface area contributed by atoms with Crippen LogP contribution < -0.4 is 10.8 Å². The Labute approximate surface area is 113 Å². The summed E-state index contributed by atoms with van der Waals surface area (Å²) in [6.45, 7) is 7.27. The zero-order valence-corrected chi connectivity index (χ0v) is 12.4. The minimum Gasteiger partial charge on any atom is -0.320 e.